The second-order valence-electron chi connectivity index (χ2n) is 11.7. The number of carbonyl (C=O) groups excluding carboxylic acids is 1. The number of hydrogen-bond donors (Lipinski definition) is 0. The fourth-order valence-electron chi connectivity index (χ4n) is 4.86. The molecular formula is C34H54NO3+. The third-order valence-corrected chi connectivity index (χ3v) is 7.35. The van der Waals surface area contributed by atoms with E-state index < -0.39 is 6.29 Å². The van der Waals surface area contributed by atoms with Gasteiger partial charge in [-0.3, -0.25) is 4.79 Å². The van der Waals surface area contributed by atoms with E-state index in [4.69, 9.17) is 9.47 Å². The Balaban J connectivity index is 1.60. The number of nitrogens with zero attached hydrogens (tertiary/aromatic N) is 1. The first kappa shape index (κ1) is 31.9. The minimum atomic E-state index is -0.607. The molecule has 2 atom stereocenters. The van der Waals surface area contributed by atoms with Crippen molar-refractivity contribution in [2.45, 2.75) is 111 Å². The van der Waals surface area contributed by atoms with Gasteiger partial charge < -0.3 is 14.0 Å². The molecule has 0 saturated heterocycles. The van der Waals surface area contributed by atoms with Gasteiger partial charge in [-0.2, -0.15) is 0 Å². The third kappa shape index (κ3) is 14.0. The van der Waals surface area contributed by atoms with E-state index in [1.54, 1.807) is 6.92 Å². The lowest BCUT2D eigenvalue weighted by molar-refractivity contribution is -0.904. The van der Waals surface area contributed by atoms with Gasteiger partial charge in [0, 0.05) is 18.9 Å². The Bertz CT molecular complexity index is 878. The van der Waals surface area contributed by atoms with Crippen LogP contribution in [-0.4, -0.2) is 37.4 Å². The monoisotopic (exact) mass is 524 g/mol. The van der Waals surface area contributed by atoms with E-state index in [0.29, 0.717) is 0 Å². The summed E-state index contributed by atoms with van der Waals surface area (Å²) in [4.78, 5) is 12.6. The first-order valence-corrected chi connectivity index (χ1v) is 15.1. The van der Waals surface area contributed by atoms with Crippen LogP contribution in [0.3, 0.4) is 0 Å². The molecule has 0 aliphatic rings. The van der Waals surface area contributed by atoms with Gasteiger partial charge in [0.1, 0.15) is 12.3 Å². The second-order valence-corrected chi connectivity index (χ2v) is 11.7. The van der Waals surface area contributed by atoms with Gasteiger partial charge in [-0.25, -0.2) is 0 Å². The van der Waals surface area contributed by atoms with Crippen LogP contribution in [0.5, 0.6) is 5.75 Å². The lowest BCUT2D eigenvalue weighted by Crippen LogP contribution is -2.41. The van der Waals surface area contributed by atoms with Gasteiger partial charge in [0.25, 0.3) is 0 Å². The Morgan fingerprint density at radius 1 is 0.763 bits per heavy atom. The molecule has 2 unspecified atom stereocenters. The predicted octanol–water partition coefficient (Wildman–Crippen LogP) is 8.72. The summed E-state index contributed by atoms with van der Waals surface area (Å²) in [5.74, 6) is 0.373. The molecule has 0 amide bonds. The highest BCUT2D eigenvalue weighted by atomic mass is 16.7. The number of esters is 1. The van der Waals surface area contributed by atoms with Gasteiger partial charge >= 0.3 is 5.97 Å². The standard InChI is InChI=1S/C34H54NO3/c1-6-7-8-9-10-11-12-13-14-16-19-31-22-24-33(25-23-31)37-30(3)38-34(36)29(2)26-27-35(4,5)28-32-20-17-15-18-21-32/h15,17-18,20-25,29-30H,6-14,16,19,26-28H2,1-5H3/q+1. The van der Waals surface area contributed by atoms with Crippen LogP contribution in [0.4, 0.5) is 0 Å². The molecule has 4 heteroatoms. The zero-order valence-electron chi connectivity index (χ0n) is 24.9. The van der Waals surface area contributed by atoms with E-state index in [1.807, 2.05) is 25.1 Å². The summed E-state index contributed by atoms with van der Waals surface area (Å²) in [5.41, 5.74) is 2.65. The average molecular weight is 525 g/mol. The van der Waals surface area contributed by atoms with Crippen LogP contribution < -0.4 is 4.74 Å². The third-order valence-electron chi connectivity index (χ3n) is 7.35. The molecular weight excluding hydrogens is 470 g/mol. The van der Waals surface area contributed by atoms with Crippen molar-refractivity contribution in [3.63, 3.8) is 0 Å². The zero-order valence-corrected chi connectivity index (χ0v) is 24.9. The van der Waals surface area contributed by atoms with E-state index in [9.17, 15) is 4.79 Å². The summed E-state index contributed by atoms with van der Waals surface area (Å²) in [6.07, 6.45) is 14.9. The molecule has 0 radical (unpaired) electrons. The van der Waals surface area contributed by atoms with Gasteiger partial charge in [0.05, 0.1) is 26.6 Å². The molecule has 0 aliphatic heterocycles. The number of ether oxygens (including phenoxy) is 2. The molecule has 0 spiro atoms. The molecule has 2 aromatic carbocycles. The molecule has 2 aromatic rings. The molecule has 0 fully saturated rings. The van der Waals surface area contributed by atoms with Crippen LogP contribution in [0.2, 0.25) is 0 Å². The zero-order chi connectivity index (χ0) is 27.6. The maximum atomic E-state index is 12.6. The predicted molar refractivity (Wildman–Crippen MR) is 159 cm³/mol. The van der Waals surface area contributed by atoms with Crippen LogP contribution in [0.15, 0.2) is 54.6 Å². The lowest BCUT2D eigenvalue weighted by atomic mass is 10.0. The number of hydrogen-bond acceptors (Lipinski definition) is 3. The van der Waals surface area contributed by atoms with E-state index in [2.05, 4.69) is 57.4 Å². The summed E-state index contributed by atoms with van der Waals surface area (Å²) in [7, 11) is 4.41. The van der Waals surface area contributed by atoms with Gasteiger partial charge in [-0.05, 0) is 30.5 Å². The molecule has 38 heavy (non-hydrogen) atoms. The molecule has 4 nitrogen and oxygen atoms in total. The van der Waals surface area contributed by atoms with E-state index in [0.717, 1.165) is 36.2 Å². The fourth-order valence-corrected chi connectivity index (χ4v) is 4.86. The highest BCUT2D eigenvalue weighted by Crippen LogP contribution is 2.19. The average Bonchev–Trinajstić information content (AvgIpc) is 2.89. The van der Waals surface area contributed by atoms with Crippen LogP contribution in [0.25, 0.3) is 0 Å². The molecule has 0 aliphatic carbocycles. The van der Waals surface area contributed by atoms with E-state index in [1.165, 1.54) is 75.3 Å². The second kappa shape index (κ2) is 18.0. The van der Waals surface area contributed by atoms with E-state index in [-0.39, 0.29) is 11.9 Å². The smallest absolute Gasteiger partial charge is 0.311 e. The van der Waals surface area contributed by atoms with Crippen LogP contribution in [-0.2, 0) is 22.5 Å². The minimum absolute atomic E-state index is 0.169. The highest BCUT2D eigenvalue weighted by Gasteiger charge is 2.23. The SMILES string of the molecule is CCCCCCCCCCCCc1ccc(OC(C)OC(=O)C(C)CC[N+](C)(C)Cc2ccccc2)cc1. The Morgan fingerprint density at radius 3 is 1.95 bits per heavy atom. The van der Waals surface area contributed by atoms with Gasteiger partial charge in [0.2, 0.25) is 6.29 Å². The summed E-state index contributed by atoms with van der Waals surface area (Å²) in [5, 5.41) is 0. The Labute approximate surface area is 233 Å². The molecule has 212 valence electrons. The van der Waals surface area contributed by atoms with Crippen LogP contribution >= 0.6 is 0 Å². The largest absolute Gasteiger partial charge is 0.455 e. The Kier molecular flexibility index (Phi) is 15.1. The molecule has 0 N–H and O–H groups in total. The van der Waals surface area contributed by atoms with Gasteiger partial charge in [-0.15, -0.1) is 0 Å². The molecule has 0 saturated carbocycles. The molecule has 0 aromatic heterocycles. The maximum absolute atomic E-state index is 12.6. The van der Waals surface area contributed by atoms with Crippen molar-refractivity contribution in [2.75, 3.05) is 20.6 Å². The molecule has 0 bridgehead atoms. The van der Waals surface area contributed by atoms with Crippen molar-refractivity contribution in [1.29, 1.82) is 0 Å². The number of aryl methyl sites for hydroxylation is 1. The molecule has 0 heterocycles. The minimum Gasteiger partial charge on any atom is -0.455 e. The topological polar surface area (TPSA) is 35.5 Å². The normalized spacial score (nSPS) is 13.2. The Hall–Kier alpha value is -2.33. The van der Waals surface area contributed by atoms with Crippen molar-refractivity contribution in [1.82, 2.24) is 0 Å². The number of carbonyl (C=O) groups is 1. The molecule has 2 rings (SSSR count). The van der Waals surface area contributed by atoms with Crippen molar-refractivity contribution >= 4 is 5.97 Å². The van der Waals surface area contributed by atoms with Crippen molar-refractivity contribution in [3.8, 4) is 5.75 Å². The highest BCUT2D eigenvalue weighted by molar-refractivity contribution is 5.72. The number of unbranched alkanes of at least 4 members (excludes halogenated alkanes) is 9. The Morgan fingerprint density at radius 2 is 1.34 bits per heavy atom. The number of rotatable bonds is 20. The quantitative estimate of drug-likeness (QED) is 0.0752. The van der Waals surface area contributed by atoms with Crippen LogP contribution in [0, 0.1) is 5.92 Å². The summed E-state index contributed by atoms with van der Waals surface area (Å²) in [6.45, 7) is 7.85. The van der Waals surface area contributed by atoms with Gasteiger partial charge in [0.15, 0.2) is 0 Å². The van der Waals surface area contributed by atoms with Crippen molar-refractivity contribution in [3.05, 3.63) is 65.7 Å². The number of quaternary nitrogens is 1. The maximum Gasteiger partial charge on any atom is 0.311 e. The summed E-state index contributed by atoms with van der Waals surface area (Å²) >= 11 is 0. The first-order valence-electron chi connectivity index (χ1n) is 15.1. The summed E-state index contributed by atoms with van der Waals surface area (Å²) < 4.78 is 12.3. The van der Waals surface area contributed by atoms with Crippen LogP contribution in [0.1, 0.15) is 103 Å². The lowest BCUT2D eigenvalue weighted by Gasteiger charge is -2.31. The van der Waals surface area contributed by atoms with E-state index >= 15 is 0 Å². The van der Waals surface area contributed by atoms with Crippen molar-refractivity contribution in [2.24, 2.45) is 5.92 Å². The van der Waals surface area contributed by atoms with Crippen molar-refractivity contribution < 1.29 is 18.8 Å². The first-order chi connectivity index (χ1) is 18.3. The summed E-state index contributed by atoms with van der Waals surface area (Å²) in [6, 6.07) is 18.7. The van der Waals surface area contributed by atoms with Gasteiger partial charge in [-0.1, -0.05) is 114 Å². The number of benzene rings is 2. The fraction of sp³-hybridized carbons (Fsp3) is 0.618.